The second-order valence-electron chi connectivity index (χ2n) is 6.49. The number of carboxylic acid groups (broad SMARTS) is 1. The molecule has 1 amide bonds. The van der Waals surface area contributed by atoms with Gasteiger partial charge in [-0.1, -0.05) is 12.1 Å². The number of carboxylic acids is 1. The first-order valence-electron chi connectivity index (χ1n) is 9.09. The molecule has 0 aromatic heterocycles. The van der Waals surface area contributed by atoms with Gasteiger partial charge in [-0.3, -0.25) is 4.79 Å². The molecule has 1 heterocycles. The van der Waals surface area contributed by atoms with Gasteiger partial charge in [-0.05, 0) is 54.8 Å². The molecular formula is C21H23NO6. The lowest BCUT2D eigenvalue weighted by molar-refractivity contribution is -0.139. The van der Waals surface area contributed by atoms with E-state index in [1.165, 1.54) is 7.11 Å². The van der Waals surface area contributed by atoms with Crippen molar-refractivity contribution >= 4 is 11.9 Å². The van der Waals surface area contributed by atoms with Crippen molar-refractivity contribution in [2.24, 2.45) is 0 Å². The van der Waals surface area contributed by atoms with Crippen LogP contribution in [0.5, 0.6) is 11.5 Å². The summed E-state index contributed by atoms with van der Waals surface area (Å²) >= 11 is 0. The lowest BCUT2D eigenvalue weighted by Crippen LogP contribution is -2.33. The fourth-order valence-corrected chi connectivity index (χ4v) is 2.97. The van der Waals surface area contributed by atoms with Crippen LogP contribution in [0.15, 0.2) is 48.5 Å². The standard InChI is InChI=1S/C21H23NO6/c1-26-16-8-4-14(5-9-16)19(21(24)25)22-20(23)15-6-10-17(11-7-15)28-13-18-3-2-12-27-18/h4-11,18-19H,2-3,12-13H2,1H3,(H,22,23)(H,24,25). The van der Waals surface area contributed by atoms with E-state index in [9.17, 15) is 14.7 Å². The van der Waals surface area contributed by atoms with Crippen LogP contribution in [0.2, 0.25) is 0 Å². The van der Waals surface area contributed by atoms with E-state index in [1.54, 1.807) is 48.5 Å². The van der Waals surface area contributed by atoms with Gasteiger partial charge in [-0.2, -0.15) is 0 Å². The van der Waals surface area contributed by atoms with Crippen LogP contribution in [0.25, 0.3) is 0 Å². The van der Waals surface area contributed by atoms with Gasteiger partial charge in [0, 0.05) is 12.2 Å². The first kappa shape index (κ1) is 19.7. The van der Waals surface area contributed by atoms with E-state index in [4.69, 9.17) is 14.2 Å². The minimum absolute atomic E-state index is 0.115. The second kappa shape index (κ2) is 9.23. The van der Waals surface area contributed by atoms with E-state index in [0.29, 0.717) is 29.2 Å². The summed E-state index contributed by atoms with van der Waals surface area (Å²) in [5.74, 6) is -0.376. The molecule has 1 aliphatic heterocycles. The largest absolute Gasteiger partial charge is 0.497 e. The van der Waals surface area contributed by atoms with Gasteiger partial charge in [0.2, 0.25) is 0 Å². The highest BCUT2D eigenvalue weighted by Gasteiger charge is 2.23. The predicted molar refractivity (Wildman–Crippen MR) is 102 cm³/mol. The highest BCUT2D eigenvalue weighted by molar-refractivity contribution is 5.96. The van der Waals surface area contributed by atoms with Crippen molar-refractivity contribution in [2.45, 2.75) is 25.0 Å². The fraction of sp³-hybridized carbons (Fsp3) is 0.333. The molecule has 2 N–H and O–H groups in total. The molecule has 0 spiro atoms. The van der Waals surface area contributed by atoms with Gasteiger partial charge >= 0.3 is 5.97 Å². The Morgan fingerprint density at radius 3 is 2.39 bits per heavy atom. The number of hydrogen-bond donors (Lipinski definition) is 2. The topological polar surface area (TPSA) is 94.1 Å². The molecule has 1 fully saturated rings. The summed E-state index contributed by atoms with van der Waals surface area (Å²) in [4.78, 5) is 24.1. The molecule has 2 unspecified atom stereocenters. The Labute approximate surface area is 163 Å². The van der Waals surface area contributed by atoms with Gasteiger partial charge in [0.05, 0.1) is 13.2 Å². The Balaban J connectivity index is 1.61. The Morgan fingerprint density at radius 1 is 1.14 bits per heavy atom. The Hall–Kier alpha value is -3.06. The number of carbonyl (C=O) groups excluding carboxylic acids is 1. The van der Waals surface area contributed by atoms with E-state index >= 15 is 0 Å². The number of nitrogens with one attached hydrogen (secondary N) is 1. The summed E-state index contributed by atoms with van der Waals surface area (Å²) in [6.07, 6.45) is 2.15. The van der Waals surface area contributed by atoms with Gasteiger partial charge in [0.1, 0.15) is 18.1 Å². The van der Waals surface area contributed by atoms with Crippen molar-refractivity contribution in [3.05, 3.63) is 59.7 Å². The zero-order valence-electron chi connectivity index (χ0n) is 15.6. The number of amides is 1. The lowest BCUT2D eigenvalue weighted by atomic mass is 10.1. The summed E-state index contributed by atoms with van der Waals surface area (Å²) in [7, 11) is 1.53. The third kappa shape index (κ3) is 5.01. The minimum Gasteiger partial charge on any atom is -0.497 e. The van der Waals surface area contributed by atoms with Crippen molar-refractivity contribution in [3.63, 3.8) is 0 Å². The van der Waals surface area contributed by atoms with Crippen LogP contribution in [0.4, 0.5) is 0 Å². The minimum atomic E-state index is -1.16. The Bertz CT molecular complexity index is 797. The lowest BCUT2D eigenvalue weighted by Gasteiger charge is -2.16. The second-order valence-corrected chi connectivity index (χ2v) is 6.49. The summed E-state index contributed by atoms with van der Waals surface area (Å²) in [5.41, 5.74) is 0.808. The van der Waals surface area contributed by atoms with E-state index < -0.39 is 17.9 Å². The zero-order chi connectivity index (χ0) is 19.9. The third-order valence-electron chi connectivity index (χ3n) is 4.55. The first-order chi connectivity index (χ1) is 13.6. The number of aliphatic carboxylic acids is 1. The van der Waals surface area contributed by atoms with Crippen molar-refractivity contribution in [3.8, 4) is 11.5 Å². The number of carbonyl (C=O) groups is 2. The van der Waals surface area contributed by atoms with Crippen LogP contribution in [-0.2, 0) is 9.53 Å². The average Bonchev–Trinajstić information content (AvgIpc) is 3.24. The normalized spacial score (nSPS) is 17.0. The molecule has 0 radical (unpaired) electrons. The van der Waals surface area contributed by atoms with Crippen molar-refractivity contribution in [2.75, 3.05) is 20.3 Å². The molecule has 0 bridgehead atoms. The first-order valence-corrected chi connectivity index (χ1v) is 9.09. The molecule has 2 aromatic carbocycles. The number of rotatable bonds is 8. The predicted octanol–water partition coefficient (Wildman–Crippen LogP) is 2.81. The van der Waals surface area contributed by atoms with Gasteiger partial charge in [0.25, 0.3) is 5.91 Å². The highest BCUT2D eigenvalue weighted by Crippen LogP contribution is 2.20. The van der Waals surface area contributed by atoms with Crippen LogP contribution in [0, 0.1) is 0 Å². The molecule has 148 valence electrons. The van der Waals surface area contributed by atoms with E-state index in [1.807, 2.05) is 0 Å². The zero-order valence-corrected chi connectivity index (χ0v) is 15.6. The summed E-state index contributed by atoms with van der Waals surface area (Å²) in [6, 6.07) is 11.9. The smallest absolute Gasteiger partial charge is 0.330 e. The maximum Gasteiger partial charge on any atom is 0.330 e. The highest BCUT2D eigenvalue weighted by atomic mass is 16.5. The maximum absolute atomic E-state index is 12.5. The molecule has 2 aromatic rings. The summed E-state index contributed by atoms with van der Waals surface area (Å²) < 4.78 is 16.2. The number of methoxy groups -OCH3 is 1. The summed E-state index contributed by atoms with van der Waals surface area (Å²) in [5, 5.41) is 12.0. The van der Waals surface area contributed by atoms with Gasteiger partial charge in [0.15, 0.2) is 6.04 Å². The number of hydrogen-bond acceptors (Lipinski definition) is 5. The average molecular weight is 385 g/mol. The van der Waals surface area contributed by atoms with Crippen LogP contribution in [-0.4, -0.2) is 43.4 Å². The molecule has 1 saturated heterocycles. The monoisotopic (exact) mass is 385 g/mol. The SMILES string of the molecule is COc1ccc(C(NC(=O)c2ccc(OCC3CCCO3)cc2)C(=O)O)cc1. The molecular weight excluding hydrogens is 362 g/mol. The summed E-state index contributed by atoms with van der Waals surface area (Å²) in [6.45, 7) is 1.25. The molecule has 0 aliphatic carbocycles. The van der Waals surface area contributed by atoms with Crippen LogP contribution >= 0.6 is 0 Å². The van der Waals surface area contributed by atoms with Crippen LogP contribution in [0.1, 0.15) is 34.8 Å². The van der Waals surface area contributed by atoms with Gasteiger partial charge in [-0.15, -0.1) is 0 Å². The van der Waals surface area contributed by atoms with E-state index in [0.717, 1.165) is 19.4 Å². The Morgan fingerprint density at radius 2 is 1.82 bits per heavy atom. The van der Waals surface area contributed by atoms with Crippen LogP contribution < -0.4 is 14.8 Å². The van der Waals surface area contributed by atoms with E-state index in [-0.39, 0.29) is 6.10 Å². The van der Waals surface area contributed by atoms with Gasteiger partial charge in [-0.25, -0.2) is 4.79 Å². The van der Waals surface area contributed by atoms with Crippen molar-refractivity contribution in [1.82, 2.24) is 5.32 Å². The third-order valence-corrected chi connectivity index (χ3v) is 4.55. The van der Waals surface area contributed by atoms with Crippen molar-refractivity contribution < 1.29 is 28.9 Å². The molecule has 2 atom stereocenters. The number of benzene rings is 2. The molecule has 28 heavy (non-hydrogen) atoms. The fourth-order valence-electron chi connectivity index (χ4n) is 2.97. The van der Waals surface area contributed by atoms with E-state index in [2.05, 4.69) is 5.32 Å². The van der Waals surface area contributed by atoms with Crippen LogP contribution in [0.3, 0.4) is 0 Å². The maximum atomic E-state index is 12.5. The molecule has 3 rings (SSSR count). The molecule has 1 aliphatic rings. The number of ether oxygens (including phenoxy) is 3. The molecule has 0 saturated carbocycles. The van der Waals surface area contributed by atoms with Gasteiger partial charge < -0.3 is 24.6 Å². The molecule has 7 heteroatoms. The quantitative estimate of drug-likeness (QED) is 0.726. The Kier molecular flexibility index (Phi) is 6.49. The molecule has 7 nitrogen and oxygen atoms in total. The van der Waals surface area contributed by atoms with Crippen molar-refractivity contribution in [1.29, 1.82) is 0 Å².